The number of carbonyl (C=O) groups excluding carboxylic acids is 2. The minimum atomic E-state index is -1.21. The Morgan fingerprint density at radius 2 is 1.45 bits per heavy atom. The summed E-state index contributed by atoms with van der Waals surface area (Å²) in [6, 6.07) is 0.306. The second kappa shape index (κ2) is 6.08. The van der Waals surface area contributed by atoms with Crippen LogP contribution in [0.2, 0.25) is 0 Å². The number of ether oxygens (including phenoxy) is 2. The highest BCUT2D eigenvalue weighted by Gasteiger charge is 2.42. The number of hydrogen-bond donors (Lipinski definition) is 0. The van der Waals surface area contributed by atoms with Crippen molar-refractivity contribution in [2.75, 3.05) is 6.26 Å². The third-order valence-electron chi connectivity index (χ3n) is 2.84. The summed E-state index contributed by atoms with van der Waals surface area (Å²) >= 11 is 1.35. The van der Waals surface area contributed by atoms with E-state index in [-0.39, 0.29) is 17.7 Å². The van der Waals surface area contributed by atoms with Crippen LogP contribution in [0.1, 0.15) is 41.5 Å². The van der Waals surface area contributed by atoms with E-state index >= 15 is 0 Å². The molecule has 0 aromatic rings. The van der Waals surface area contributed by atoms with Crippen molar-refractivity contribution in [3.8, 4) is 0 Å². The van der Waals surface area contributed by atoms with Crippen molar-refractivity contribution in [2.45, 2.75) is 59.4 Å². The van der Waals surface area contributed by atoms with Crippen LogP contribution >= 0.6 is 11.8 Å². The molecule has 1 aliphatic rings. The van der Waals surface area contributed by atoms with Gasteiger partial charge in [-0.25, -0.2) is 9.59 Å². The Bertz CT molecular complexity index is 410. The number of cyclic esters (lactones) is 2. The van der Waals surface area contributed by atoms with Crippen molar-refractivity contribution in [2.24, 2.45) is 0 Å². The zero-order valence-corrected chi connectivity index (χ0v) is 14.0. The highest BCUT2D eigenvalue weighted by molar-refractivity contribution is 8.02. The molecule has 0 atom stereocenters. The second-order valence-corrected chi connectivity index (χ2v) is 6.45. The van der Waals surface area contributed by atoms with Gasteiger partial charge in [0.15, 0.2) is 5.57 Å². The molecule has 0 unspecified atom stereocenters. The Morgan fingerprint density at radius 3 is 1.75 bits per heavy atom. The summed E-state index contributed by atoms with van der Waals surface area (Å²) in [5.41, 5.74) is -0.0146. The van der Waals surface area contributed by atoms with E-state index in [0.29, 0.717) is 5.03 Å². The standard InChI is InChI=1S/C14H23NO4S/c1-8(2)15(9(3)4)11(20-7)10-12(16)18-14(5,6)19-13(10)17/h8-9H,1-7H3. The molecule has 5 nitrogen and oxygen atoms in total. The fourth-order valence-electron chi connectivity index (χ4n) is 2.23. The van der Waals surface area contributed by atoms with Crippen LogP contribution in [0.25, 0.3) is 0 Å². The molecule has 1 aliphatic heterocycles. The molecule has 0 saturated carbocycles. The van der Waals surface area contributed by atoms with Crippen LogP contribution in [-0.2, 0) is 19.1 Å². The van der Waals surface area contributed by atoms with Gasteiger partial charge in [-0.3, -0.25) is 0 Å². The number of thioether (sulfide) groups is 1. The lowest BCUT2D eigenvalue weighted by Gasteiger charge is -2.37. The molecular weight excluding hydrogens is 278 g/mol. The summed E-state index contributed by atoms with van der Waals surface area (Å²) < 4.78 is 10.3. The van der Waals surface area contributed by atoms with Crippen LogP contribution in [0.15, 0.2) is 10.6 Å². The van der Waals surface area contributed by atoms with Gasteiger partial charge < -0.3 is 14.4 Å². The molecular formula is C14H23NO4S. The fraction of sp³-hybridized carbons (Fsp3) is 0.714. The Labute approximate surface area is 124 Å². The molecule has 20 heavy (non-hydrogen) atoms. The van der Waals surface area contributed by atoms with Gasteiger partial charge in [-0.05, 0) is 34.0 Å². The van der Waals surface area contributed by atoms with Gasteiger partial charge in [0.05, 0.1) is 5.03 Å². The molecule has 1 rings (SSSR count). The molecule has 0 aliphatic carbocycles. The van der Waals surface area contributed by atoms with Crippen LogP contribution in [-0.4, -0.2) is 41.0 Å². The third kappa shape index (κ3) is 3.48. The van der Waals surface area contributed by atoms with Gasteiger partial charge in [0, 0.05) is 25.9 Å². The molecule has 1 heterocycles. The monoisotopic (exact) mass is 301 g/mol. The van der Waals surface area contributed by atoms with E-state index in [1.807, 2.05) is 38.9 Å². The first-order valence-electron chi connectivity index (χ1n) is 6.64. The number of carbonyl (C=O) groups is 2. The highest BCUT2D eigenvalue weighted by atomic mass is 32.2. The van der Waals surface area contributed by atoms with Gasteiger partial charge in [-0.15, -0.1) is 11.8 Å². The van der Waals surface area contributed by atoms with Crippen molar-refractivity contribution >= 4 is 23.7 Å². The Hall–Kier alpha value is -1.17. The number of hydrogen-bond acceptors (Lipinski definition) is 6. The summed E-state index contributed by atoms with van der Waals surface area (Å²) in [5, 5.41) is 0.598. The van der Waals surface area contributed by atoms with Gasteiger partial charge in [-0.1, -0.05) is 0 Å². The van der Waals surface area contributed by atoms with Crippen molar-refractivity contribution in [1.29, 1.82) is 0 Å². The van der Waals surface area contributed by atoms with Crippen LogP contribution in [0.4, 0.5) is 0 Å². The summed E-state index contributed by atoms with van der Waals surface area (Å²) in [6.45, 7) is 11.1. The molecule has 1 saturated heterocycles. The number of nitrogens with zero attached hydrogens (tertiary/aromatic N) is 1. The van der Waals surface area contributed by atoms with Crippen molar-refractivity contribution < 1.29 is 19.1 Å². The zero-order valence-electron chi connectivity index (χ0n) is 13.1. The molecule has 0 aromatic carbocycles. The molecule has 0 aromatic heterocycles. The predicted octanol–water partition coefficient (Wildman–Crippen LogP) is 2.52. The summed E-state index contributed by atoms with van der Waals surface area (Å²) in [4.78, 5) is 26.3. The van der Waals surface area contributed by atoms with Crippen LogP contribution < -0.4 is 0 Å². The van der Waals surface area contributed by atoms with Crippen LogP contribution in [0, 0.1) is 0 Å². The summed E-state index contributed by atoms with van der Waals surface area (Å²) in [6.07, 6.45) is 1.83. The first kappa shape index (κ1) is 16.9. The minimum Gasteiger partial charge on any atom is -0.419 e. The lowest BCUT2D eigenvalue weighted by Crippen LogP contribution is -2.45. The van der Waals surface area contributed by atoms with Gasteiger partial charge in [0.1, 0.15) is 0 Å². The maximum atomic E-state index is 12.1. The van der Waals surface area contributed by atoms with Gasteiger partial charge >= 0.3 is 11.9 Å². The fourth-order valence-corrected chi connectivity index (χ4v) is 3.23. The average molecular weight is 301 g/mol. The molecule has 0 bridgehead atoms. The van der Waals surface area contributed by atoms with Crippen molar-refractivity contribution in [1.82, 2.24) is 4.90 Å². The van der Waals surface area contributed by atoms with E-state index in [0.717, 1.165) is 0 Å². The first-order chi connectivity index (χ1) is 9.10. The summed E-state index contributed by atoms with van der Waals surface area (Å²) in [5.74, 6) is -2.45. The van der Waals surface area contributed by atoms with E-state index < -0.39 is 17.7 Å². The van der Waals surface area contributed by atoms with Crippen LogP contribution in [0.3, 0.4) is 0 Å². The minimum absolute atomic E-state index is 0.0146. The quantitative estimate of drug-likeness (QED) is 0.452. The molecule has 6 heteroatoms. The molecule has 0 N–H and O–H groups in total. The van der Waals surface area contributed by atoms with E-state index in [9.17, 15) is 9.59 Å². The average Bonchev–Trinajstić information content (AvgIpc) is 2.23. The topological polar surface area (TPSA) is 55.8 Å². The van der Waals surface area contributed by atoms with Gasteiger partial charge in [0.2, 0.25) is 0 Å². The molecule has 0 radical (unpaired) electrons. The third-order valence-corrected chi connectivity index (χ3v) is 3.64. The number of esters is 2. The Morgan fingerprint density at radius 1 is 1.05 bits per heavy atom. The lowest BCUT2D eigenvalue weighted by molar-refractivity contribution is -0.222. The predicted molar refractivity (Wildman–Crippen MR) is 78.9 cm³/mol. The normalized spacial score (nSPS) is 18.1. The zero-order chi connectivity index (χ0) is 15.7. The number of rotatable bonds is 4. The van der Waals surface area contributed by atoms with Crippen molar-refractivity contribution in [3.05, 3.63) is 10.6 Å². The molecule has 114 valence electrons. The maximum absolute atomic E-state index is 12.1. The maximum Gasteiger partial charge on any atom is 0.351 e. The lowest BCUT2D eigenvalue weighted by atomic mass is 10.2. The van der Waals surface area contributed by atoms with Gasteiger partial charge in [0.25, 0.3) is 5.79 Å². The molecule has 1 fully saturated rings. The summed E-state index contributed by atoms with van der Waals surface area (Å²) in [7, 11) is 0. The Kier molecular flexibility index (Phi) is 5.13. The highest BCUT2D eigenvalue weighted by Crippen LogP contribution is 2.32. The van der Waals surface area contributed by atoms with E-state index in [1.54, 1.807) is 13.8 Å². The molecule has 0 amide bonds. The first-order valence-corrected chi connectivity index (χ1v) is 7.86. The van der Waals surface area contributed by atoms with E-state index in [2.05, 4.69) is 0 Å². The SMILES string of the molecule is CSC(=C1C(=O)OC(C)(C)OC1=O)N(C(C)C)C(C)C. The Balaban J connectivity index is 3.31. The van der Waals surface area contributed by atoms with Crippen molar-refractivity contribution in [3.63, 3.8) is 0 Å². The largest absolute Gasteiger partial charge is 0.419 e. The van der Waals surface area contributed by atoms with Crippen LogP contribution in [0.5, 0.6) is 0 Å². The second-order valence-electron chi connectivity index (χ2n) is 5.66. The van der Waals surface area contributed by atoms with E-state index in [4.69, 9.17) is 9.47 Å². The molecule has 0 spiro atoms. The van der Waals surface area contributed by atoms with Gasteiger partial charge in [-0.2, -0.15) is 0 Å². The smallest absolute Gasteiger partial charge is 0.351 e. The van der Waals surface area contributed by atoms with E-state index in [1.165, 1.54) is 11.8 Å².